The van der Waals surface area contributed by atoms with Crippen LogP contribution in [0.4, 0.5) is 4.79 Å². The smallest absolute Gasteiger partial charge is 0.408 e. The van der Waals surface area contributed by atoms with Crippen LogP contribution in [0, 0.1) is 46.8 Å². The molecule has 0 heterocycles. The van der Waals surface area contributed by atoms with E-state index < -0.39 is 17.7 Å². The van der Waals surface area contributed by atoms with Gasteiger partial charge in [0.2, 0.25) is 0 Å². The first kappa shape index (κ1) is 26.1. The number of carbonyl (C=O) groups is 2. The van der Waals surface area contributed by atoms with Crippen LogP contribution in [-0.2, 0) is 14.3 Å². The summed E-state index contributed by atoms with van der Waals surface area (Å²) in [7, 11) is 0. The van der Waals surface area contributed by atoms with Gasteiger partial charge in [0.1, 0.15) is 17.7 Å². The first-order chi connectivity index (χ1) is 16.4. The number of fused-ring (bicyclic) bond motifs is 5. The molecule has 35 heavy (non-hydrogen) atoms. The SMILES string of the molecule is C#C[C@H]1CCC2C3CC=C4C[C@@H](OC(=O)[C@H](CC)NC(=O)OC(C)(C)C)CC[C@]4(C)C3CC[C@@]21C. The fourth-order valence-electron chi connectivity index (χ4n) is 8.03. The lowest BCUT2D eigenvalue weighted by molar-refractivity contribution is -0.154. The minimum absolute atomic E-state index is 0.126. The van der Waals surface area contributed by atoms with Crippen molar-refractivity contribution in [2.75, 3.05) is 0 Å². The summed E-state index contributed by atoms with van der Waals surface area (Å²) in [5.74, 6) is 5.36. The third-order valence-electron chi connectivity index (χ3n) is 9.93. The third kappa shape index (κ3) is 4.87. The number of rotatable bonds is 4. The third-order valence-corrected chi connectivity index (χ3v) is 9.93. The van der Waals surface area contributed by atoms with E-state index in [0.29, 0.717) is 23.7 Å². The normalized spacial score (nSPS) is 39.1. The van der Waals surface area contributed by atoms with Crippen molar-refractivity contribution in [3.63, 3.8) is 0 Å². The Bertz CT molecular complexity index is 910. The molecule has 1 amide bonds. The summed E-state index contributed by atoms with van der Waals surface area (Å²) in [6.07, 6.45) is 17.0. The first-order valence-corrected chi connectivity index (χ1v) is 13.8. The van der Waals surface area contributed by atoms with Gasteiger partial charge in [-0.2, -0.15) is 0 Å². The maximum atomic E-state index is 12.9. The van der Waals surface area contributed by atoms with Crippen LogP contribution in [0.2, 0.25) is 0 Å². The van der Waals surface area contributed by atoms with Crippen LogP contribution < -0.4 is 5.32 Å². The van der Waals surface area contributed by atoms with E-state index in [0.717, 1.165) is 37.5 Å². The highest BCUT2D eigenvalue weighted by atomic mass is 16.6. The zero-order valence-electron chi connectivity index (χ0n) is 22.6. The van der Waals surface area contributed by atoms with Gasteiger partial charge in [0.05, 0.1) is 0 Å². The lowest BCUT2D eigenvalue weighted by Crippen LogP contribution is -2.51. The van der Waals surface area contributed by atoms with E-state index in [1.54, 1.807) is 20.8 Å². The molecule has 4 aliphatic carbocycles. The fraction of sp³-hybridized carbons (Fsp3) is 0.800. The average molecular weight is 484 g/mol. The molecule has 1 N–H and O–H groups in total. The van der Waals surface area contributed by atoms with Gasteiger partial charge in [-0.05, 0) is 101 Å². The van der Waals surface area contributed by atoms with E-state index in [-0.39, 0.29) is 17.5 Å². The second-order valence-corrected chi connectivity index (χ2v) is 13.0. The van der Waals surface area contributed by atoms with Crippen molar-refractivity contribution in [2.45, 2.75) is 117 Å². The van der Waals surface area contributed by atoms with Crippen molar-refractivity contribution < 1.29 is 19.1 Å². The van der Waals surface area contributed by atoms with Crippen molar-refractivity contribution in [1.29, 1.82) is 0 Å². The van der Waals surface area contributed by atoms with Crippen LogP contribution in [0.1, 0.15) is 99.3 Å². The summed E-state index contributed by atoms with van der Waals surface area (Å²) in [4.78, 5) is 25.1. The van der Waals surface area contributed by atoms with E-state index >= 15 is 0 Å². The second kappa shape index (κ2) is 9.49. The van der Waals surface area contributed by atoms with E-state index in [2.05, 4.69) is 31.2 Å². The minimum atomic E-state index is -0.689. The molecule has 0 bridgehead atoms. The molecule has 0 aromatic rings. The van der Waals surface area contributed by atoms with Gasteiger partial charge in [0, 0.05) is 12.3 Å². The Balaban J connectivity index is 1.40. The molecule has 0 saturated heterocycles. The number of esters is 1. The number of ether oxygens (including phenoxy) is 2. The van der Waals surface area contributed by atoms with Crippen LogP contribution in [0.5, 0.6) is 0 Å². The highest BCUT2D eigenvalue weighted by Crippen LogP contribution is 2.66. The van der Waals surface area contributed by atoms with Gasteiger partial charge in [-0.25, -0.2) is 9.59 Å². The quantitative estimate of drug-likeness (QED) is 0.285. The number of terminal acetylenes is 1. The van der Waals surface area contributed by atoms with Crippen LogP contribution in [0.15, 0.2) is 11.6 Å². The number of hydrogen-bond donors (Lipinski definition) is 1. The largest absolute Gasteiger partial charge is 0.461 e. The molecule has 0 aliphatic heterocycles. The summed E-state index contributed by atoms with van der Waals surface area (Å²) in [6.45, 7) is 12.2. The molecule has 3 fully saturated rings. The van der Waals surface area contributed by atoms with Crippen molar-refractivity contribution >= 4 is 12.1 Å². The predicted octanol–water partition coefficient (Wildman–Crippen LogP) is 6.41. The van der Waals surface area contributed by atoms with Gasteiger partial charge in [-0.1, -0.05) is 32.4 Å². The van der Waals surface area contributed by atoms with Crippen molar-refractivity contribution in [3.05, 3.63) is 11.6 Å². The summed E-state index contributed by atoms with van der Waals surface area (Å²) in [5, 5.41) is 2.68. The van der Waals surface area contributed by atoms with Crippen molar-refractivity contribution in [3.8, 4) is 12.3 Å². The average Bonchev–Trinajstić information content (AvgIpc) is 3.12. The Labute approximate surface area is 212 Å². The molecule has 194 valence electrons. The van der Waals surface area contributed by atoms with Crippen LogP contribution in [0.25, 0.3) is 0 Å². The molecular weight excluding hydrogens is 438 g/mol. The Morgan fingerprint density at radius 1 is 1.17 bits per heavy atom. The second-order valence-electron chi connectivity index (χ2n) is 13.0. The van der Waals surface area contributed by atoms with Gasteiger partial charge in [0.15, 0.2) is 0 Å². The first-order valence-electron chi connectivity index (χ1n) is 13.8. The molecule has 4 rings (SSSR count). The molecule has 0 spiro atoms. The maximum Gasteiger partial charge on any atom is 0.408 e. The van der Waals surface area contributed by atoms with E-state index in [1.807, 2.05) is 6.92 Å². The predicted molar refractivity (Wildman–Crippen MR) is 137 cm³/mol. The van der Waals surface area contributed by atoms with E-state index in [1.165, 1.54) is 31.3 Å². The van der Waals surface area contributed by atoms with Crippen LogP contribution in [0.3, 0.4) is 0 Å². The Kier molecular flexibility index (Phi) is 7.08. The maximum absolute atomic E-state index is 12.9. The summed E-state index contributed by atoms with van der Waals surface area (Å²) >= 11 is 0. The van der Waals surface area contributed by atoms with Crippen LogP contribution in [-0.4, -0.2) is 29.8 Å². The summed E-state index contributed by atoms with van der Waals surface area (Å²) < 4.78 is 11.3. The van der Waals surface area contributed by atoms with Crippen molar-refractivity contribution in [2.24, 2.45) is 34.5 Å². The van der Waals surface area contributed by atoms with Gasteiger partial charge in [0.25, 0.3) is 0 Å². The highest BCUT2D eigenvalue weighted by Gasteiger charge is 2.58. The monoisotopic (exact) mass is 483 g/mol. The van der Waals surface area contributed by atoms with Crippen LogP contribution >= 0.6 is 0 Å². The lowest BCUT2D eigenvalue weighted by atomic mass is 9.47. The van der Waals surface area contributed by atoms with E-state index in [4.69, 9.17) is 15.9 Å². The number of amides is 1. The standard InChI is InChI=1S/C30H45NO4/c1-8-19-11-13-23-22-12-10-20-18-21(14-16-30(20,7)24(22)15-17-29(19,23)6)34-26(32)25(9-2)31-27(33)35-28(3,4)5/h1,10,19,21-25H,9,11-18H2,2-7H3,(H,31,33)/t19-,21-,22?,23?,24?,25-,29+,30-/m0/s1. The number of alkyl carbamates (subject to hydrolysis) is 1. The molecular formula is C30H45NO4. The number of nitrogens with one attached hydrogen (secondary N) is 1. The minimum Gasteiger partial charge on any atom is -0.461 e. The zero-order chi connectivity index (χ0) is 25.6. The molecule has 4 aliphatic rings. The lowest BCUT2D eigenvalue weighted by Gasteiger charge is -2.57. The summed E-state index contributed by atoms with van der Waals surface area (Å²) in [5.41, 5.74) is 1.37. The van der Waals surface area contributed by atoms with Gasteiger partial charge in [-0.3, -0.25) is 0 Å². The topological polar surface area (TPSA) is 64.6 Å². The molecule has 8 atom stereocenters. The number of allylic oxidation sites excluding steroid dienone is 1. The summed E-state index contributed by atoms with van der Waals surface area (Å²) in [6, 6.07) is -0.689. The molecule has 5 heteroatoms. The number of carbonyl (C=O) groups excluding carboxylic acids is 2. The van der Waals surface area contributed by atoms with Gasteiger partial charge < -0.3 is 14.8 Å². The zero-order valence-corrected chi connectivity index (χ0v) is 22.6. The van der Waals surface area contributed by atoms with Crippen molar-refractivity contribution in [1.82, 2.24) is 5.32 Å². The Morgan fingerprint density at radius 3 is 2.57 bits per heavy atom. The molecule has 5 nitrogen and oxygen atoms in total. The van der Waals surface area contributed by atoms with Gasteiger partial charge in [-0.15, -0.1) is 12.3 Å². The molecule has 3 unspecified atom stereocenters. The Hall–Kier alpha value is -1.96. The number of hydrogen-bond acceptors (Lipinski definition) is 4. The highest BCUT2D eigenvalue weighted by molar-refractivity contribution is 5.81. The fourth-order valence-corrected chi connectivity index (χ4v) is 8.03. The Morgan fingerprint density at radius 2 is 1.91 bits per heavy atom. The molecule has 0 aromatic heterocycles. The molecule has 3 saturated carbocycles. The molecule has 0 radical (unpaired) electrons. The molecule has 0 aromatic carbocycles. The van der Waals surface area contributed by atoms with Gasteiger partial charge >= 0.3 is 12.1 Å². The van der Waals surface area contributed by atoms with E-state index in [9.17, 15) is 9.59 Å².